The molecule has 3 heterocycles. The van der Waals surface area contributed by atoms with Gasteiger partial charge in [-0.15, -0.1) is 35.3 Å². The Kier molecular flexibility index (Phi) is 9.45. The fourth-order valence-electron chi connectivity index (χ4n) is 2.49. The molecule has 156 valence electrons. The van der Waals surface area contributed by atoms with E-state index in [9.17, 15) is 0 Å². The quantitative estimate of drug-likeness (QED) is 0.264. The summed E-state index contributed by atoms with van der Waals surface area (Å²) in [6.45, 7) is 8.33. The molecule has 3 aromatic rings. The minimum Gasteiger partial charge on any atom is -0.357 e. The fourth-order valence-corrected chi connectivity index (χ4v) is 3.42. The highest BCUT2D eigenvalue weighted by atomic mass is 127. The maximum Gasteiger partial charge on any atom is 0.276 e. The van der Waals surface area contributed by atoms with Crippen LogP contribution in [-0.4, -0.2) is 45.7 Å². The lowest BCUT2D eigenvalue weighted by molar-refractivity contribution is 0.421. The number of nitrogens with zero attached hydrogens (tertiary/aromatic N) is 5. The molecule has 0 aliphatic heterocycles. The van der Waals surface area contributed by atoms with Crippen LogP contribution in [0.3, 0.4) is 0 Å². The summed E-state index contributed by atoms with van der Waals surface area (Å²) in [5, 5.41) is 11.7. The summed E-state index contributed by atoms with van der Waals surface area (Å²) in [5.41, 5.74) is 1.79. The van der Waals surface area contributed by atoms with Crippen molar-refractivity contribution in [1.29, 1.82) is 0 Å². The number of pyridine rings is 1. The van der Waals surface area contributed by atoms with Gasteiger partial charge in [-0.2, -0.15) is 4.98 Å². The van der Waals surface area contributed by atoms with Gasteiger partial charge in [0, 0.05) is 43.5 Å². The first kappa shape index (κ1) is 23.2. The van der Waals surface area contributed by atoms with E-state index in [2.05, 4.69) is 42.7 Å². The molecule has 0 saturated carbocycles. The van der Waals surface area contributed by atoms with Gasteiger partial charge in [0.1, 0.15) is 5.69 Å². The number of aryl methyl sites for hydroxylation is 2. The maximum absolute atomic E-state index is 5.28. The van der Waals surface area contributed by atoms with Gasteiger partial charge < -0.3 is 15.2 Å². The van der Waals surface area contributed by atoms with Crippen molar-refractivity contribution in [2.24, 2.45) is 4.99 Å². The number of hydrogen-bond donors (Lipinski definition) is 2. The van der Waals surface area contributed by atoms with Gasteiger partial charge in [-0.25, -0.2) is 4.98 Å². The van der Waals surface area contributed by atoms with Crippen LogP contribution in [0.4, 0.5) is 0 Å². The van der Waals surface area contributed by atoms with Gasteiger partial charge in [0.05, 0.1) is 10.7 Å². The molecule has 0 aromatic carbocycles. The van der Waals surface area contributed by atoms with Crippen LogP contribution in [0.15, 0.2) is 33.9 Å². The average molecular weight is 527 g/mol. The van der Waals surface area contributed by atoms with Gasteiger partial charge >= 0.3 is 0 Å². The number of aliphatic imine (C=N–C) groups is 1. The molecular formula is C19H26IN7OS. The number of guanidine groups is 1. The largest absolute Gasteiger partial charge is 0.357 e. The monoisotopic (exact) mass is 527 g/mol. The third kappa shape index (κ3) is 7.03. The molecule has 0 saturated heterocycles. The van der Waals surface area contributed by atoms with Crippen molar-refractivity contribution in [1.82, 2.24) is 30.7 Å². The number of hydrogen-bond acceptors (Lipinski definition) is 7. The summed E-state index contributed by atoms with van der Waals surface area (Å²) >= 11 is 1.74. The molecule has 0 bridgehead atoms. The van der Waals surface area contributed by atoms with Gasteiger partial charge in [-0.05, 0) is 32.9 Å². The van der Waals surface area contributed by atoms with Crippen molar-refractivity contribution in [3.63, 3.8) is 0 Å². The molecule has 0 atom stereocenters. The Morgan fingerprint density at radius 1 is 1.17 bits per heavy atom. The van der Waals surface area contributed by atoms with Crippen LogP contribution < -0.4 is 10.6 Å². The van der Waals surface area contributed by atoms with Gasteiger partial charge in [0.15, 0.2) is 11.8 Å². The summed E-state index contributed by atoms with van der Waals surface area (Å²) in [4.78, 5) is 19.1. The Balaban J connectivity index is 0.00000300. The van der Waals surface area contributed by atoms with Crippen LogP contribution >= 0.6 is 35.3 Å². The normalized spacial score (nSPS) is 11.2. The zero-order valence-electron chi connectivity index (χ0n) is 16.8. The second-order valence-electron chi connectivity index (χ2n) is 6.17. The SMILES string of the molecule is CCNC(=NCCc1nc(C)c(C)s1)NCCc1noc(-c2ccccn2)n1.I. The second kappa shape index (κ2) is 11.8. The minimum absolute atomic E-state index is 0. The lowest BCUT2D eigenvalue weighted by atomic mass is 10.3. The van der Waals surface area contributed by atoms with Crippen molar-refractivity contribution < 1.29 is 4.52 Å². The highest BCUT2D eigenvalue weighted by Gasteiger charge is 2.09. The molecule has 0 radical (unpaired) electrons. The molecular weight excluding hydrogens is 501 g/mol. The molecule has 0 fully saturated rings. The number of rotatable bonds is 8. The van der Waals surface area contributed by atoms with Crippen LogP contribution in [0.25, 0.3) is 11.6 Å². The first-order valence-electron chi connectivity index (χ1n) is 9.34. The number of aromatic nitrogens is 4. The zero-order chi connectivity index (χ0) is 19.8. The lowest BCUT2D eigenvalue weighted by Crippen LogP contribution is -2.38. The summed E-state index contributed by atoms with van der Waals surface area (Å²) in [6.07, 6.45) is 3.17. The molecule has 0 amide bonds. The molecule has 0 unspecified atom stereocenters. The average Bonchev–Trinajstić information content (AvgIpc) is 3.29. The van der Waals surface area contributed by atoms with E-state index in [4.69, 9.17) is 4.52 Å². The van der Waals surface area contributed by atoms with E-state index in [-0.39, 0.29) is 24.0 Å². The Labute approximate surface area is 191 Å². The highest BCUT2D eigenvalue weighted by molar-refractivity contribution is 14.0. The second-order valence-corrected chi connectivity index (χ2v) is 7.46. The first-order chi connectivity index (χ1) is 13.7. The van der Waals surface area contributed by atoms with Crippen molar-refractivity contribution in [3.05, 3.63) is 45.8 Å². The van der Waals surface area contributed by atoms with Crippen molar-refractivity contribution in [2.45, 2.75) is 33.6 Å². The van der Waals surface area contributed by atoms with E-state index >= 15 is 0 Å². The van der Waals surface area contributed by atoms with E-state index in [1.165, 1.54) is 4.88 Å². The number of thiazole rings is 1. The van der Waals surface area contributed by atoms with Crippen LogP contribution in [0, 0.1) is 13.8 Å². The first-order valence-corrected chi connectivity index (χ1v) is 10.2. The molecule has 29 heavy (non-hydrogen) atoms. The lowest BCUT2D eigenvalue weighted by Gasteiger charge is -2.10. The van der Waals surface area contributed by atoms with Crippen molar-refractivity contribution in [3.8, 4) is 11.6 Å². The Bertz CT molecular complexity index is 891. The minimum atomic E-state index is 0. The number of halogens is 1. The third-order valence-corrected chi connectivity index (χ3v) is 5.14. The standard InChI is InChI=1S/C19H25N7OS.HI/c1-4-20-19(23-12-9-17-24-13(2)14(3)28-17)22-11-8-16-25-18(27-26-16)15-7-5-6-10-21-15;/h5-7,10H,4,8-9,11-12H2,1-3H3,(H2,20,22,23);1H. The van der Waals surface area contributed by atoms with Gasteiger partial charge in [-0.1, -0.05) is 11.2 Å². The molecule has 0 spiro atoms. The van der Waals surface area contributed by atoms with E-state index in [1.807, 2.05) is 32.0 Å². The highest BCUT2D eigenvalue weighted by Crippen LogP contribution is 2.16. The number of nitrogens with one attached hydrogen (secondary N) is 2. The van der Waals surface area contributed by atoms with E-state index in [1.54, 1.807) is 17.5 Å². The molecule has 0 aliphatic rings. The van der Waals surface area contributed by atoms with Crippen molar-refractivity contribution in [2.75, 3.05) is 19.6 Å². The van der Waals surface area contributed by atoms with Crippen LogP contribution in [-0.2, 0) is 12.8 Å². The maximum atomic E-state index is 5.28. The zero-order valence-corrected chi connectivity index (χ0v) is 20.0. The Morgan fingerprint density at radius 3 is 2.72 bits per heavy atom. The predicted molar refractivity (Wildman–Crippen MR) is 126 cm³/mol. The topological polar surface area (TPSA) is 101 Å². The van der Waals surface area contributed by atoms with Gasteiger partial charge in [0.2, 0.25) is 0 Å². The molecule has 2 N–H and O–H groups in total. The molecule has 10 heteroatoms. The van der Waals surface area contributed by atoms with Gasteiger partial charge in [-0.3, -0.25) is 9.98 Å². The predicted octanol–water partition coefficient (Wildman–Crippen LogP) is 3.16. The van der Waals surface area contributed by atoms with E-state index in [0.29, 0.717) is 36.9 Å². The van der Waals surface area contributed by atoms with Crippen LogP contribution in [0.1, 0.15) is 28.3 Å². The fraction of sp³-hybridized carbons (Fsp3) is 0.421. The van der Waals surface area contributed by atoms with E-state index in [0.717, 1.165) is 29.6 Å². The van der Waals surface area contributed by atoms with Gasteiger partial charge in [0.25, 0.3) is 5.89 Å². The molecule has 3 aromatic heterocycles. The summed E-state index contributed by atoms with van der Waals surface area (Å²) in [7, 11) is 0. The summed E-state index contributed by atoms with van der Waals surface area (Å²) in [5.74, 6) is 1.85. The summed E-state index contributed by atoms with van der Waals surface area (Å²) in [6, 6.07) is 5.58. The Hall–Kier alpha value is -2.08. The third-order valence-electron chi connectivity index (χ3n) is 4.01. The van der Waals surface area contributed by atoms with E-state index < -0.39 is 0 Å². The summed E-state index contributed by atoms with van der Waals surface area (Å²) < 4.78 is 5.28. The van der Waals surface area contributed by atoms with Crippen LogP contribution in [0.2, 0.25) is 0 Å². The molecule has 3 rings (SSSR count). The Morgan fingerprint density at radius 2 is 2.03 bits per heavy atom. The molecule has 8 nitrogen and oxygen atoms in total. The molecule has 0 aliphatic carbocycles. The smallest absolute Gasteiger partial charge is 0.276 e. The van der Waals surface area contributed by atoms with Crippen LogP contribution in [0.5, 0.6) is 0 Å². The van der Waals surface area contributed by atoms with Crippen molar-refractivity contribution >= 4 is 41.3 Å².